The smallest absolute Gasteiger partial charge is 0.220 e. The molecule has 162 valence electrons. The molecule has 1 fully saturated rings. The van der Waals surface area contributed by atoms with E-state index < -0.39 is 10.0 Å². The van der Waals surface area contributed by atoms with E-state index in [0.717, 1.165) is 17.0 Å². The van der Waals surface area contributed by atoms with Gasteiger partial charge < -0.3 is 15.0 Å². The fourth-order valence-corrected chi connectivity index (χ4v) is 4.79. The van der Waals surface area contributed by atoms with Crippen LogP contribution in [0.4, 0.5) is 5.69 Å². The van der Waals surface area contributed by atoms with Crippen molar-refractivity contribution < 1.29 is 17.9 Å². The lowest BCUT2D eigenvalue weighted by molar-refractivity contribution is -0.120. The van der Waals surface area contributed by atoms with Crippen molar-refractivity contribution in [3.8, 4) is 5.75 Å². The number of amides is 1. The van der Waals surface area contributed by atoms with E-state index in [-0.39, 0.29) is 18.2 Å². The molecule has 0 radical (unpaired) electrons. The number of ether oxygens (including phenoxy) is 1. The summed E-state index contributed by atoms with van der Waals surface area (Å²) in [6, 6.07) is 17.5. The number of methoxy groups -OCH3 is 1. The molecule has 0 aromatic heterocycles. The van der Waals surface area contributed by atoms with Crippen molar-refractivity contribution in [1.82, 2.24) is 9.62 Å². The van der Waals surface area contributed by atoms with E-state index in [0.29, 0.717) is 39.0 Å². The number of carbonyl (C=O) groups excluding carboxylic acids is 1. The molecule has 1 aliphatic heterocycles. The van der Waals surface area contributed by atoms with Crippen LogP contribution in [0.15, 0.2) is 54.6 Å². The number of hydrogen-bond donors (Lipinski definition) is 1. The zero-order valence-corrected chi connectivity index (χ0v) is 18.1. The molecule has 1 saturated heterocycles. The molecular weight excluding hydrogens is 402 g/mol. The molecule has 30 heavy (non-hydrogen) atoms. The largest absolute Gasteiger partial charge is 0.497 e. The van der Waals surface area contributed by atoms with Crippen molar-refractivity contribution in [2.45, 2.75) is 12.8 Å². The number of nitrogens with zero attached hydrogens (tertiary/aromatic N) is 2. The third-order valence-corrected chi connectivity index (χ3v) is 7.11. The van der Waals surface area contributed by atoms with Gasteiger partial charge in [0.1, 0.15) is 5.75 Å². The molecule has 0 unspecified atom stereocenters. The molecule has 0 spiro atoms. The van der Waals surface area contributed by atoms with Gasteiger partial charge in [0, 0.05) is 44.8 Å². The van der Waals surface area contributed by atoms with Crippen LogP contribution in [0, 0.1) is 0 Å². The SMILES string of the molecule is COc1ccc(N2CCN(S(=O)(=O)CCNC(=O)CCc3ccccc3)CC2)cc1. The molecule has 0 aliphatic carbocycles. The van der Waals surface area contributed by atoms with Crippen LogP contribution >= 0.6 is 0 Å². The van der Waals surface area contributed by atoms with Crippen LogP contribution in [0.1, 0.15) is 12.0 Å². The van der Waals surface area contributed by atoms with Gasteiger partial charge in [-0.05, 0) is 36.2 Å². The first-order chi connectivity index (χ1) is 14.5. The van der Waals surface area contributed by atoms with E-state index in [4.69, 9.17) is 4.74 Å². The zero-order valence-electron chi connectivity index (χ0n) is 17.3. The highest BCUT2D eigenvalue weighted by molar-refractivity contribution is 7.89. The van der Waals surface area contributed by atoms with Gasteiger partial charge in [0.25, 0.3) is 0 Å². The van der Waals surface area contributed by atoms with E-state index in [2.05, 4.69) is 10.2 Å². The third kappa shape index (κ3) is 6.21. The molecule has 7 nitrogen and oxygen atoms in total. The van der Waals surface area contributed by atoms with Crippen LogP contribution < -0.4 is 15.0 Å². The zero-order chi connectivity index (χ0) is 21.4. The van der Waals surface area contributed by atoms with E-state index in [1.54, 1.807) is 7.11 Å². The fourth-order valence-electron chi connectivity index (χ4n) is 3.46. The van der Waals surface area contributed by atoms with Gasteiger partial charge in [0.15, 0.2) is 0 Å². The van der Waals surface area contributed by atoms with Crippen molar-refractivity contribution in [2.24, 2.45) is 0 Å². The van der Waals surface area contributed by atoms with Gasteiger partial charge >= 0.3 is 0 Å². The highest BCUT2D eigenvalue weighted by Gasteiger charge is 2.26. The molecule has 0 saturated carbocycles. The molecule has 3 rings (SSSR count). The van der Waals surface area contributed by atoms with Gasteiger partial charge in [0.05, 0.1) is 12.9 Å². The molecule has 2 aromatic rings. The number of hydrogen-bond acceptors (Lipinski definition) is 5. The number of carbonyl (C=O) groups is 1. The molecule has 1 amide bonds. The van der Waals surface area contributed by atoms with Crippen molar-refractivity contribution in [2.75, 3.05) is 50.5 Å². The number of sulfonamides is 1. The Morgan fingerprint density at radius 2 is 1.67 bits per heavy atom. The third-order valence-electron chi connectivity index (χ3n) is 5.24. The van der Waals surface area contributed by atoms with E-state index in [9.17, 15) is 13.2 Å². The molecule has 1 aliphatic rings. The molecular formula is C22H29N3O4S. The van der Waals surface area contributed by atoms with Crippen LogP contribution in [0.25, 0.3) is 0 Å². The fraction of sp³-hybridized carbons (Fsp3) is 0.409. The summed E-state index contributed by atoms with van der Waals surface area (Å²) in [6.45, 7) is 2.28. The van der Waals surface area contributed by atoms with Gasteiger partial charge in [-0.25, -0.2) is 8.42 Å². The summed E-state index contributed by atoms with van der Waals surface area (Å²) in [5.41, 5.74) is 2.15. The molecule has 1 heterocycles. The summed E-state index contributed by atoms with van der Waals surface area (Å²) in [6.07, 6.45) is 0.997. The monoisotopic (exact) mass is 431 g/mol. The second-order valence-electron chi connectivity index (χ2n) is 7.24. The van der Waals surface area contributed by atoms with Gasteiger partial charge in [-0.15, -0.1) is 0 Å². The first-order valence-electron chi connectivity index (χ1n) is 10.2. The Morgan fingerprint density at radius 3 is 2.30 bits per heavy atom. The number of benzene rings is 2. The maximum Gasteiger partial charge on any atom is 0.220 e. The highest BCUT2D eigenvalue weighted by atomic mass is 32.2. The summed E-state index contributed by atoms with van der Waals surface area (Å²) in [5.74, 6) is 0.594. The Balaban J connectivity index is 1.40. The van der Waals surface area contributed by atoms with E-state index in [1.807, 2.05) is 54.6 Å². The lowest BCUT2D eigenvalue weighted by Gasteiger charge is -2.35. The van der Waals surface area contributed by atoms with Crippen LogP contribution in [0.5, 0.6) is 5.75 Å². The first kappa shape index (κ1) is 22.1. The van der Waals surface area contributed by atoms with Crippen molar-refractivity contribution in [1.29, 1.82) is 0 Å². The average molecular weight is 432 g/mol. The Kier molecular flexibility index (Phi) is 7.70. The van der Waals surface area contributed by atoms with Crippen molar-refractivity contribution in [3.63, 3.8) is 0 Å². The van der Waals surface area contributed by atoms with Gasteiger partial charge in [-0.1, -0.05) is 30.3 Å². The quantitative estimate of drug-likeness (QED) is 0.656. The Bertz CT molecular complexity index is 909. The number of anilines is 1. The standard InChI is InChI=1S/C22H29N3O4S/c1-29-21-10-8-20(9-11-21)24-14-16-25(17-15-24)30(27,28)18-13-23-22(26)12-7-19-5-3-2-4-6-19/h2-6,8-11H,7,12-18H2,1H3,(H,23,26). The van der Waals surface area contributed by atoms with Crippen LogP contribution in [-0.2, 0) is 21.2 Å². The number of nitrogens with one attached hydrogen (secondary N) is 1. The van der Waals surface area contributed by atoms with Crippen molar-refractivity contribution in [3.05, 3.63) is 60.2 Å². The summed E-state index contributed by atoms with van der Waals surface area (Å²) in [7, 11) is -1.76. The summed E-state index contributed by atoms with van der Waals surface area (Å²) < 4.78 is 31.9. The lowest BCUT2D eigenvalue weighted by atomic mass is 10.1. The predicted octanol–water partition coefficient (Wildman–Crippen LogP) is 1.90. The molecule has 8 heteroatoms. The average Bonchev–Trinajstić information content (AvgIpc) is 2.78. The summed E-state index contributed by atoms with van der Waals surface area (Å²) in [5, 5.41) is 2.73. The minimum Gasteiger partial charge on any atom is -0.497 e. The maximum atomic E-state index is 12.6. The van der Waals surface area contributed by atoms with Gasteiger partial charge in [-0.3, -0.25) is 4.79 Å². The lowest BCUT2D eigenvalue weighted by Crippen LogP contribution is -2.50. The Morgan fingerprint density at radius 1 is 1.00 bits per heavy atom. The van der Waals surface area contributed by atoms with Crippen molar-refractivity contribution >= 4 is 21.6 Å². The van der Waals surface area contributed by atoms with Gasteiger partial charge in [0.2, 0.25) is 15.9 Å². The summed E-state index contributed by atoms with van der Waals surface area (Å²) in [4.78, 5) is 14.2. The van der Waals surface area contributed by atoms with Crippen LogP contribution in [0.3, 0.4) is 0 Å². The minimum absolute atomic E-state index is 0.0768. The number of aryl methyl sites for hydroxylation is 1. The van der Waals surface area contributed by atoms with Crippen LogP contribution in [-0.4, -0.2) is 64.2 Å². The number of piperazine rings is 1. The predicted molar refractivity (Wildman–Crippen MR) is 118 cm³/mol. The second-order valence-corrected chi connectivity index (χ2v) is 9.32. The maximum absolute atomic E-state index is 12.6. The summed E-state index contributed by atoms with van der Waals surface area (Å²) >= 11 is 0. The molecule has 0 atom stereocenters. The molecule has 0 bridgehead atoms. The Hall–Kier alpha value is -2.58. The minimum atomic E-state index is -3.39. The van der Waals surface area contributed by atoms with Gasteiger partial charge in [-0.2, -0.15) is 4.31 Å². The first-order valence-corrected chi connectivity index (χ1v) is 11.8. The Labute approximate surface area is 178 Å². The number of rotatable bonds is 9. The highest BCUT2D eigenvalue weighted by Crippen LogP contribution is 2.21. The van der Waals surface area contributed by atoms with E-state index in [1.165, 1.54) is 4.31 Å². The topological polar surface area (TPSA) is 79.0 Å². The normalized spacial score (nSPS) is 15.0. The second kappa shape index (κ2) is 10.4. The van der Waals surface area contributed by atoms with Crippen LogP contribution in [0.2, 0.25) is 0 Å². The molecule has 2 aromatic carbocycles. The van der Waals surface area contributed by atoms with E-state index >= 15 is 0 Å². The molecule has 1 N–H and O–H groups in total.